The highest BCUT2D eigenvalue weighted by Gasteiger charge is 2.71. The molecule has 0 spiro atoms. The maximum absolute atomic E-state index is 15.5. The Bertz CT molecular complexity index is 2300. The van der Waals surface area contributed by atoms with Gasteiger partial charge in [-0.25, -0.2) is 0 Å². The largest absolute Gasteiger partial charge is 0.504 e. The predicted octanol–water partition coefficient (Wildman–Crippen LogP) is 8.23. The molecule has 0 unspecified atom stereocenters. The van der Waals surface area contributed by atoms with Crippen molar-refractivity contribution in [3.63, 3.8) is 0 Å². The Kier molecular flexibility index (Phi) is 9.46. The maximum atomic E-state index is 15.5. The van der Waals surface area contributed by atoms with Crippen LogP contribution in [0.15, 0.2) is 95.0 Å². The van der Waals surface area contributed by atoms with Crippen LogP contribution in [0.1, 0.15) is 42.4 Å². The molecule has 4 aromatic rings. The van der Waals surface area contributed by atoms with Crippen molar-refractivity contribution in [3.05, 3.63) is 122 Å². The number of nitrogens with zero attached hydrogens (tertiary/aromatic N) is 2. The molecule has 2 heterocycles. The summed E-state index contributed by atoms with van der Waals surface area (Å²) in [6.07, 6.45) is 3.03. The number of halogens is 3. The van der Waals surface area contributed by atoms with E-state index in [1.54, 1.807) is 60.7 Å². The van der Waals surface area contributed by atoms with Crippen molar-refractivity contribution in [3.8, 4) is 17.2 Å². The van der Waals surface area contributed by atoms with Crippen LogP contribution in [0.5, 0.6) is 17.2 Å². The third-order valence-electron chi connectivity index (χ3n) is 11.8. The molecule has 0 aromatic heterocycles. The van der Waals surface area contributed by atoms with Gasteiger partial charge in [-0.15, -0.1) is 0 Å². The molecule has 10 nitrogen and oxygen atoms in total. The number of amides is 4. The molecule has 282 valence electrons. The molecule has 4 aliphatic rings. The van der Waals surface area contributed by atoms with E-state index in [1.165, 1.54) is 25.2 Å². The van der Waals surface area contributed by atoms with E-state index >= 15 is 9.59 Å². The lowest BCUT2D eigenvalue weighted by atomic mass is 9.49. The summed E-state index contributed by atoms with van der Waals surface area (Å²) in [6.45, 7) is 2.03. The summed E-state index contributed by atoms with van der Waals surface area (Å²) in [4.78, 5) is 60.6. The minimum atomic E-state index is -1.66. The van der Waals surface area contributed by atoms with Crippen molar-refractivity contribution in [1.29, 1.82) is 0 Å². The van der Waals surface area contributed by atoms with Gasteiger partial charge in [0.1, 0.15) is 5.75 Å². The van der Waals surface area contributed by atoms with Gasteiger partial charge in [0, 0.05) is 21.0 Å². The topological polar surface area (TPSA) is 125 Å². The lowest BCUT2D eigenvalue weighted by Crippen LogP contribution is -2.53. The molecular weight excluding hydrogens is 809 g/mol. The Hall–Kier alpha value is -4.84. The second kappa shape index (κ2) is 14.0. The van der Waals surface area contributed by atoms with E-state index in [9.17, 15) is 14.7 Å². The fourth-order valence-electron chi connectivity index (χ4n) is 9.29. The number of allylic oxidation sites excluding steroid dienone is 2. The summed E-state index contributed by atoms with van der Waals surface area (Å²) in [5.74, 6) is -5.54. The molecule has 2 N–H and O–H groups in total. The number of aryl methyl sites for hydroxylation is 1. The van der Waals surface area contributed by atoms with Gasteiger partial charge in [-0.1, -0.05) is 82.0 Å². The number of aromatic hydroxyl groups is 1. The molecule has 3 fully saturated rings. The number of methoxy groups -OCH3 is 2. The Morgan fingerprint density at radius 2 is 1.62 bits per heavy atom. The number of rotatable bonds is 8. The number of carbonyl (C=O) groups excluding carboxylic acids is 4. The monoisotopic (exact) mass is 843 g/mol. The molecule has 0 bridgehead atoms. The van der Waals surface area contributed by atoms with E-state index in [4.69, 9.17) is 32.7 Å². The van der Waals surface area contributed by atoms with Crippen molar-refractivity contribution in [2.24, 2.45) is 23.7 Å². The van der Waals surface area contributed by atoms with E-state index in [-0.39, 0.29) is 46.9 Å². The van der Waals surface area contributed by atoms with Gasteiger partial charge in [0.25, 0.3) is 11.8 Å². The van der Waals surface area contributed by atoms with Gasteiger partial charge >= 0.3 is 0 Å². The number of carbonyl (C=O) groups is 4. The molecule has 0 radical (unpaired) electrons. The number of nitrogens with one attached hydrogen (secondary N) is 1. The number of phenolic OH excluding ortho intramolecular Hbond substituents is 1. The van der Waals surface area contributed by atoms with Gasteiger partial charge in [-0.2, -0.15) is 5.01 Å². The highest BCUT2D eigenvalue weighted by atomic mass is 79.9. The highest BCUT2D eigenvalue weighted by Crippen LogP contribution is 2.65. The van der Waals surface area contributed by atoms with E-state index in [1.807, 2.05) is 25.1 Å². The molecule has 4 aromatic carbocycles. The summed E-state index contributed by atoms with van der Waals surface area (Å²) in [6, 6.07) is 22.3. The number of fused-ring (bicyclic) bond motifs is 4. The van der Waals surface area contributed by atoms with Crippen LogP contribution in [0.25, 0.3) is 0 Å². The third kappa shape index (κ3) is 5.65. The zero-order chi connectivity index (χ0) is 38.9. The van der Waals surface area contributed by atoms with Crippen molar-refractivity contribution in [1.82, 2.24) is 5.01 Å². The lowest BCUT2D eigenvalue weighted by Gasteiger charge is -2.50. The molecule has 2 saturated heterocycles. The van der Waals surface area contributed by atoms with Gasteiger partial charge < -0.3 is 14.6 Å². The number of hydrogen-bond donors (Lipinski definition) is 2. The molecular formula is C42H36BrCl2N3O7. The predicted molar refractivity (Wildman–Crippen MR) is 211 cm³/mol. The van der Waals surface area contributed by atoms with Crippen LogP contribution in [-0.2, 0) is 31.0 Å². The first-order valence-electron chi connectivity index (χ1n) is 17.9. The molecule has 13 heteroatoms. The number of ether oxygens (including phenoxy) is 2. The van der Waals surface area contributed by atoms with Crippen LogP contribution in [-0.4, -0.2) is 48.0 Å². The zero-order valence-electron chi connectivity index (χ0n) is 30.0. The fraction of sp³-hybridized carbons (Fsp3) is 0.286. The van der Waals surface area contributed by atoms with Gasteiger partial charge in [0.15, 0.2) is 11.5 Å². The summed E-state index contributed by atoms with van der Waals surface area (Å²) in [7, 11) is 2.96. The SMILES string of the molecule is CCc1ccc(N2C(=O)[C@H]3[C@H](CC=C4[C@H]3C[C@H]3C(=O)N(Nc5ccc(Cl)cc5Cl)C(=O)[C@@]3(c3ccc(OC)cc3)[C@H]4c3cc(Br)cc(OC)c3O)C2=O)cc1. The average molecular weight is 846 g/mol. The normalized spacial score (nSPS) is 25.7. The van der Waals surface area contributed by atoms with Crippen molar-refractivity contribution >= 4 is 74.1 Å². The van der Waals surface area contributed by atoms with Gasteiger partial charge in [0.2, 0.25) is 11.8 Å². The zero-order valence-corrected chi connectivity index (χ0v) is 33.1. The summed E-state index contributed by atoms with van der Waals surface area (Å²) >= 11 is 16.3. The third-order valence-corrected chi connectivity index (χ3v) is 12.8. The Labute approximate surface area is 336 Å². The fourth-order valence-corrected chi connectivity index (χ4v) is 10.2. The Morgan fingerprint density at radius 1 is 0.891 bits per heavy atom. The van der Waals surface area contributed by atoms with Gasteiger partial charge in [-0.05, 0) is 90.9 Å². The van der Waals surface area contributed by atoms with Crippen molar-refractivity contribution < 1.29 is 33.8 Å². The number of hydrazine groups is 1. The molecule has 2 aliphatic heterocycles. The Balaban J connectivity index is 1.35. The highest BCUT2D eigenvalue weighted by molar-refractivity contribution is 9.10. The molecule has 8 rings (SSSR count). The van der Waals surface area contributed by atoms with E-state index in [0.717, 1.165) is 17.0 Å². The quantitative estimate of drug-likeness (QED) is 0.134. The second-order valence-corrected chi connectivity index (χ2v) is 16.0. The van der Waals surface area contributed by atoms with E-state index < -0.39 is 46.8 Å². The molecule has 55 heavy (non-hydrogen) atoms. The van der Waals surface area contributed by atoms with Crippen LogP contribution in [0.2, 0.25) is 10.0 Å². The van der Waals surface area contributed by atoms with Crippen LogP contribution in [0.4, 0.5) is 11.4 Å². The van der Waals surface area contributed by atoms with Gasteiger partial charge in [-0.3, -0.25) is 29.5 Å². The molecule has 2 aliphatic carbocycles. The minimum Gasteiger partial charge on any atom is -0.504 e. The average Bonchev–Trinajstić information content (AvgIpc) is 3.57. The number of anilines is 2. The van der Waals surface area contributed by atoms with Crippen LogP contribution in [0, 0.1) is 23.7 Å². The smallest absolute Gasteiger partial charge is 0.260 e. The van der Waals surface area contributed by atoms with Crippen molar-refractivity contribution in [2.75, 3.05) is 24.5 Å². The first-order chi connectivity index (χ1) is 26.4. The Morgan fingerprint density at radius 3 is 2.27 bits per heavy atom. The van der Waals surface area contributed by atoms with Crippen LogP contribution < -0.4 is 19.8 Å². The van der Waals surface area contributed by atoms with Gasteiger partial charge in [0.05, 0.1) is 53.8 Å². The number of phenols is 1. The van der Waals surface area contributed by atoms with E-state index in [2.05, 4.69) is 21.4 Å². The first-order valence-corrected chi connectivity index (χ1v) is 19.5. The standard InChI is InChI=1S/C42H36BrCl2N3O7/c1-4-21-5-10-25(11-6-21)47-38(50)28-15-14-27-29(35(28)40(47)52)20-31-39(51)48(46-33-16-9-24(44)19-32(33)45)41(53)42(31,22-7-12-26(54-2)13-8-22)36(27)30-17-23(43)18-34(55-3)37(30)49/h5-14,16-19,28-29,31,35-36,46,49H,4,15,20H2,1-3H3/t28-,29+,31-,35-,36+,42+/m0/s1. The lowest BCUT2D eigenvalue weighted by molar-refractivity contribution is -0.138. The van der Waals surface area contributed by atoms with Crippen LogP contribution in [0.3, 0.4) is 0 Å². The maximum Gasteiger partial charge on any atom is 0.260 e. The summed E-state index contributed by atoms with van der Waals surface area (Å²) < 4.78 is 11.6. The number of benzene rings is 4. The minimum absolute atomic E-state index is 0.0696. The van der Waals surface area contributed by atoms with E-state index in [0.29, 0.717) is 37.6 Å². The first kappa shape index (κ1) is 37.1. The van der Waals surface area contributed by atoms with Crippen LogP contribution >= 0.6 is 39.1 Å². The number of hydrogen-bond acceptors (Lipinski definition) is 8. The molecule has 4 amide bonds. The molecule has 1 saturated carbocycles. The summed E-state index contributed by atoms with van der Waals surface area (Å²) in [5, 5.41) is 13.5. The number of imide groups is 2. The molecule has 6 atom stereocenters. The summed E-state index contributed by atoms with van der Waals surface area (Å²) in [5.41, 5.74) is 4.66. The second-order valence-electron chi connectivity index (χ2n) is 14.3. The van der Waals surface area contributed by atoms with Crippen molar-refractivity contribution in [2.45, 2.75) is 37.5 Å².